The van der Waals surface area contributed by atoms with Crippen molar-refractivity contribution in [3.8, 4) is 0 Å². The number of hydrogen-bond donors (Lipinski definition) is 1. The van der Waals surface area contributed by atoms with E-state index in [-0.39, 0.29) is 28.9 Å². The smallest absolute Gasteiger partial charge is 0.325 e. The van der Waals surface area contributed by atoms with E-state index in [2.05, 4.69) is 42.3 Å². The molecular weight excluding hydrogens is 462 g/mol. The Morgan fingerprint density at radius 1 is 1.06 bits per heavy atom. The summed E-state index contributed by atoms with van der Waals surface area (Å²) >= 11 is 7.84. The van der Waals surface area contributed by atoms with E-state index in [9.17, 15) is 14.4 Å². The van der Waals surface area contributed by atoms with E-state index in [1.165, 1.54) is 39.3 Å². The van der Waals surface area contributed by atoms with Gasteiger partial charge in [0.2, 0.25) is 11.2 Å². The number of amides is 1. The maximum atomic E-state index is 12.7. The normalized spacial score (nSPS) is 11.2. The van der Waals surface area contributed by atoms with Gasteiger partial charge in [0.1, 0.15) is 6.54 Å². The summed E-state index contributed by atoms with van der Waals surface area (Å²) in [5.41, 5.74) is 2.20. The minimum absolute atomic E-state index is 0.0429. The number of aromatic nitrogens is 4. The number of nitrogens with zero attached hydrogens (tertiary/aromatic N) is 4. The Morgan fingerprint density at radius 3 is 2.42 bits per heavy atom. The van der Waals surface area contributed by atoms with Crippen molar-refractivity contribution in [3.63, 3.8) is 0 Å². The monoisotopic (exact) mass is 483 g/mol. The van der Waals surface area contributed by atoms with Crippen LogP contribution >= 0.6 is 23.4 Å². The Balaban J connectivity index is 1.52. The summed E-state index contributed by atoms with van der Waals surface area (Å²) in [6.45, 7) is 3.93. The van der Waals surface area contributed by atoms with Crippen LogP contribution in [0.3, 0.4) is 0 Å². The summed E-state index contributed by atoms with van der Waals surface area (Å²) in [5, 5.41) is 2.77. The highest BCUT2D eigenvalue weighted by Crippen LogP contribution is 2.31. The van der Waals surface area contributed by atoms with E-state index < -0.39 is 11.2 Å². The molecule has 0 unspecified atom stereocenters. The molecular formula is C23H22ClN5O3S. The first kappa shape index (κ1) is 22.9. The van der Waals surface area contributed by atoms with Crippen molar-refractivity contribution >= 4 is 46.1 Å². The fourth-order valence-corrected chi connectivity index (χ4v) is 4.66. The second-order valence-electron chi connectivity index (χ2n) is 7.79. The molecule has 2 heterocycles. The second-order valence-corrected chi connectivity index (χ2v) is 9.24. The molecule has 0 saturated heterocycles. The van der Waals surface area contributed by atoms with E-state index >= 15 is 0 Å². The van der Waals surface area contributed by atoms with E-state index in [4.69, 9.17) is 11.6 Å². The molecule has 170 valence electrons. The van der Waals surface area contributed by atoms with E-state index in [0.29, 0.717) is 5.69 Å². The molecule has 8 nitrogen and oxygen atoms in total. The predicted molar refractivity (Wildman–Crippen MR) is 130 cm³/mol. The van der Waals surface area contributed by atoms with E-state index in [0.717, 1.165) is 9.46 Å². The molecule has 0 aliphatic heterocycles. The predicted octanol–water partition coefficient (Wildman–Crippen LogP) is 3.49. The van der Waals surface area contributed by atoms with Gasteiger partial charge in [0, 0.05) is 29.6 Å². The van der Waals surface area contributed by atoms with Crippen LogP contribution in [0.15, 0.2) is 61.8 Å². The summed E-state index contributed by atoms with van der Waals surface area (Å²) in [6, 6.07) is 13.8. The zero-order valence-corrected chi connectivity index (χ0v) is 20.1. The van der Waals surface area contributed by atoms with Gasteiger partial charge in [-0.25, -0.2) is 4.79 Å². The molecule has 1 amide bonds. The molecule has 4 aromatic rings. The zero-order valence-electron chi connectivity index (χ0n) is 18.5. The number of aryl methyl sites for hydroxylation is 3. The van der Waals surface area contributed by atoms with Gasteiger partial charge < -0.3 is 5.32 Å². The molecule has 0 saturated carbocycles. The average Bonchev–Trinajstić information content (AvgIpc) is 3.10. The Labute approximate surface area is 198 Å². The van der Waals surface area contributed by atoms with Crippen molar-refractivity contribution in [1.82, 2.24) is 18.7 Å². The lowest BCUT2D eigenvalue weighted by Crippen LogP contribution is -2.37. The van der Waals surface area contributed by atoms with Crippen LogP contribution in [-0.4, -0.2) is 24.6 Å². The first-order chi connectivity index (χ1) is 15.7. The number of anilines is 1. The average molecular weight is 484 g/mol. The molecule has 0 spiro atoms. The number of hydrogen-bond acceptors (Lipinski definition) is 5. The van der Waals surface area contributed by atoms with Crippen molar-refractivity contribution in [2.75, 3.05) is 5.32 Å². The van der Waals surface area contributed by atoms with Gasteiger partial charge in [-0.1, -0.05) is 29.5 Å². The highest BCUT2D eigenvalue weighted by Gasteiger charge is 2.19. The minimum atomic E-state index is -0.562. The lowest BCUT2D eigenvalue weighted by atomic mass is 10.2. The highest BCUT2D eigenvalue weighted by atomic mass is 35.5. The van der Waals surface area contributed by atoms with Gasteiger partial charge in [0.15, 0.2) is 11.2 Å². The van der Waals surface area contributed by atoms with Crippen molar-refractivity contribution in [2.24, 2.45) is 14.1 Å². The number of fused-ring (bicyclic) bond motifs is 1. The van der Waals surface area contributed by atoms with Gasteiger partial charge in [-0.3, -0.25) is 23.3 Å². The number of imidazole rings is 1. The Hall–Kier alpha value is -3.30. The molecule has 0 atom stereocenters. The molecule has 0 bridgehead atoms. The van der Waals surface area contributed by atoms with Crippen LogP contribution in [0.2, 0.25) is 5.28 Å². The van der Waals surface area contributed by atoms with E-state index in [1.54, 1.807) is 11.8 Å². The van der Waals surface area contributed by atoms with Gasteiger partial charge in [-0.05, 0) is 61.3 Å². The number of carbonyl (C=O) groups is 1. The van der Waals surface area contributed by atoms with E-state index in [1.807, 2.05) is 24.3 Å². The van der Waals surface area contributed by atoms with Gasteiger partial charge in [-0.15, -0.1) is 0 Å². The first-order valence-corrected chi connectivity index (χ1v) is 11.3. The van der Waals surface area contributed by atoms with Crippen molar-refractivity contribution in [3.05, 3.63) is 79.7 Å². The summed E-state index contributed by atoms with van der Waals surface area (Å²) in [7, 11) is 2.86. The topological polar surface area (TPSA) is 90.9 Å². The Kier molecular flexibility index (Phi) is 6.18. The van der Waals surface area contributed by atoms with Crippen LogP contribution in [0.25, 0.3) is 11.2 Å². The molecule has 2 aromatic carbocycles. The molecule has 2 aromatic heterocycles. The number of carbonyl (C=O) groups excluding carboxylic acids is 1. The van der Waals surface area contributed by atoms with Crippen molar-refractivity contribution in [1.29, 1.82) is 0 Å². The number of halogens is 1. The standard InChI is InChI=1S/C23H22ClN5O3S/c1-13-5-10-17(14(2)11-13)33-16-8-6-15(7-9-16)25-18(30)12-29-19-20(26-22(29)24)27(3)23(32)28(4)21(19)31/h5-11H,12H2,1-4H3,(H,25,30). The van der Waals surface area contributed by atoms with Crippen LogP contribution < -0.4 is 16.6 Å². The highest BCUT2D eigenvalue weighted by molar-refractivity contribution is 7.99. The summed E-state index contributed by atoms with van der Waals surface area (Å²) < 4.78 is 3.49. The molecule has 0 aliphatic carbocycles. The van der Waals surface area contributed by atoms with Gasteiger partial charge in [-0.2, -0.15) is 4.98 Å². The Morgan fingerprint density at radius 2 is 1.76 bits per heavy atom. The third kappa shape index (κ3) is 4.46. The number of benzene rings is 2. The quantitative estimate of drug-likeness (QED) is 0.439. The van der Waals surface area contributed by atoms with Gasteiger partial charge >= 0.3 is 5.69 Å². The van der Waals surface area contributed by atoms with Crippen molar-refractivity contribution < 1.29 is 4.79 Å². The van der Waals surface area contributed by atoms with Crippen molar-refractivity contribution in [2.45, 2.75) is 30.2 Å². The SMILES string of the molecule is Cc1ccc(Sc2ccc(NC(=O)Cn3c(Cl)nc4c3c(=O)n(C)c(=O)n4C)cc2)c(C)c1. The molecule has 0 fully saturated rings. The Bertz CT molecular complexity index is 1500. The molecule has 1 N–H and O–H groups in total. The molecule has 0 aliphatic rings. The molecule has 10 heteroatoms. The lowest BCUT2D eigenvalue weighted by Gasteiger charge is -2.10. The number of nitrogens with one attached hydrogen (secondary N) is 1. The zero-order chi connectivity index (χ0) is 23.9. The lowest BCUT2D eigenvalue weighted by molar-refractivity contribution is -0.116. The molecule has 4 rings (SSSR count). The second kappa shape index (κ2) is 8.92. The van der Waals surface area contributed by atoms with Gasteiger partial charge in [0.25, 0.3) is 5.56 Å². The number of rotatable bonds is 5. The third-order valence-electron chi connectivity index (χ3n) is 5.30. The fourth-order valence-electron chi connectivity index (χ4n) is 3.56. The third-order valence-corrected chi connectivity index (χ3v) is 6.77. The fraction of sp³-hybridized carbons (Fsp3) is 0.217. The summed E-state index contributed by atoms with van der Waals surface area (Å²) in [4.78, 5) is 43.7. The molecule has 33 heavy (non-hydrogen) atoms. The maximum absolute atomic E-state index is 12.7. The largest absolute Gasteiger partial charge is 0.332 e. The van der Waals surface area contributed by atoms with Crippen LogP contribution in [0, 0.1) is 13.8 Å². The van der Waals surface area contributed by atoms with Gasteiger partial charge in [0.05, 0.1) is 0 Å². The summed E-state index contributed by atoms with van der Waals surface area (Å²) in [5.74, 6) is -0.373. The van der Waals surface area contributed by atoms with Crippen LogP contribution in [0.5, 0.6) is 0 Å². The molecule has 0 radical (unpaired) electrons. The maximum Gasteiger partial charge on any atom is 0.332 e. The van der Waals surface area contributed by atoms with Crippen LogP contribution in [-0.2, 0) is 25.4 Å². The summed E-state index contributed by atoms with van der Waals surface area (Å²) in [6.07, 6.45) is 0. The minimum Gasteiger partial charge on any atom is -0.325 e. The first-order valence-electron chi connectivity index (χ1n) is 10.1. The van der Waals surface area contributed by atoms with Crippen LogP contribution in [0.4, 0.5) is 5.69 Å². The van der Waals surface area contributed by atoms with Crippen LogP contribution in [0.1, 0.15) is 11.1 Å².